The first-order valence-corrected chi connectivity index (χ1v) is 55.0. The summed E-state index contributed by atoms with van der Waals surface area (Å²) in [7, 11) is -9.83. The number of hydrogen-bond donors (Lipinski definition) is 4. The number of aliphatic hydroxyl groups excluding tert-OH is 2. The average molecular weight is 1860 g/mol. The van der Waals surface area contributed by atoms with E-state index in [1.54, 1.807) is 0 Å². The number of carbonyl (C=O) groups excluding carboxylic acids is 3. The van der Waals surface area contributed by atoms with Crippen LogP contribution in [-0.4, -0.2) is 95.9 Å². The maximum atomic E-state index is 13.1. The van der Waals surface area contributed by atoms with Crippen molar-refractivity contribution in [2.75, 3.05) is 39.6 Å². The molecule has 0 saturated carbocycles. The van der Waals surface area contributed by atoms with Crippen molar-refractivity contribution < 1.29 is 75.8 Å². The third kappa shape index (κ3) is 104. The molecule has 0 saturated heterocycles. The highest BCUT2D eigenvalue weighted by atomic mass is 31.2. The van der Waals surface area contributed by atoms with Gasteiger partial charge in [-0.3, -0.25) is 32.5 Å². The van der Waals surface area contributed by atoms with Crippen LogP contribution in [0.3, 0.4) is 0 Å². The Morgan fingerprint density at radius 2 is 0.382 bits per heavy atom. The smallest absolute Gasteiger partial charge is 0.463 e. The molecule has 131 heavy (non-hydrogen) atoms. The van der Waals surface area contributed by atoms with E-state index in [4.69, 9.17) is 32.3 Å². The summed E-state index contributed by atoms with van der Waals surface area (Å²) in [5, 5.41) is 20.8. The van der Waals surface area contributed by atoms with Crippen LogP contribution in [0.5, 0.6) is 0 Å². The quantitative estimate of drug-likeness (QED) is 0.0146. The predicted molar refractivity (Wildman–Crippen MR) is 555 cm³/mol. The van der Waals surface area contributed by atoms with E-state index < -0.39 is 91.5 Å². The molecule has 0 amide bonds. The van der Waals surface area contributed by atoms with E-state index in [9.17, 15) is 43.5 Å². The molecule has 5 unspecified atom stereocenters. The lowest BCUT2D eigenvalue weighted by atomic mass is 10.0. The molecule has 0 rings (SSSR count). The van der Waals surface area contributed by atoms with Crippen molar-refractivity contribution in [3.63, 3.8) is 0 Å². The van der Waals surface area contributed by atoms with E-state index in [1.807, 2.05) is 0 Å². The van der Waals surface area contributed by atoms with Crippen molar-refractivity contribution in [1.29, 1.82) is 0 Å². The van der Waals surface area contributed by atoms with Gasteiger partial charge in [-0.2, -0.15) is 0 Å². The van der Waals surface area contributed by atoms with E-state index in [-0.39, 0.29) is 19.3 Å². The van der Waals surface area contributed by atoms with E-state index in [1.165, 1.54) is 154 Å². The summed E-state index contributed by atoms with van der Waals surface area (Å²) in [4.78, 5) is 59.3. The fraction of sp³-hybridized carbons (Fsp3) is 0.655. The zero-order valence-corrected chi connectivity index (χ0v) is 84.5. The lowest BCUT2D eigenvalue weighted by molar-refractivity contribution is -0.161. The summed E-state index contributed by atoms with van der Waals surface area (Å²) < 4.78 is 61.7. The van der Waals surface area contributed by atoms with Crippen molar-refractivity contribution in [3.8, 4) is 0 Å². The van der Waals surface area contributed by atoms with Gasteiger partial charge in [0.2, 0.25) is 0 Å². The van der Waals surface area contributed by atoms with E-state index in [2.05, 4.69) is 240 Å². The van der Waals surface area contributed by atoms with Gasteiger partial charge in [0.15, 0.2) is 6.10 Å². The SMILES string of the molecule is CC/C=C\C/C=C\C/C=C\C/C=C\C/C=C\C/C=C\CCCCCCCCCCCCCCCCC(=O)OCC(O)COP(=O)(O)OCC(O)COP(=O)(O)OCC(COC(=O)CCCCCCCCCCCCCCCC/C=C\C/C=C\C/C=C\C/C=C\C/C=C\C/C=C\CC)OC(=O)CCCCCCCCCCCC/C=C\C/C=C\C/C=C\C/C=C\C/C=C\C/C=C\CC. The Kier molecular flexibility index (Phi) is 98.0. The van der Waals surface area contributed by atoms with Gasteiger partial charge in [-0.1, -0.05) is 445 Å². The lowest BCUT2D eigenvalue weighted by Crippen LogP contribution is -2.30. The summed E-state index contributed by atoms with van der Waals surface area (Å²) in [6.45, 7) is 2.39. The molecular weight excluding hydrogens is 1680 g/mol. The van der Waals surface area contributed by atoms with Gasteiger partial charge in [-0.15, -0.1) is 0 Å². The zero-order valence-electron chi connectivity index (χ0n) is 82.7. The largest absolute Gasteiger partial charge is 0.472 e. The van der Waals surface area contributed by atoms with Gasteiger partial charge in [0, 0.05) is 19.3 Å². The molecule has 0 aromatic heterocycles. The Balaban J connectivity index is 4.65. The van der Waals surface area contributed by atoms with E-state index in [0.29, 0.717) is 19.3 Å². The van der Waals surface area contributed by atoms with E-state index >= 15 is 0 Å². The highest BCUT2D eigenvalue weighted by Crippen LogP contribution is 2.45. The monoisotopic (exact) mass is 1860 g/mol. The van der Waals surface area contributed by atoms with Crippen molar-refractivity contribution in [1.82, 2.24) is 0 Å². The molecule has 0 aromatic rings. The van der Waals surface area contributed by atoms with Crippen molar-refractivity contribution in [2.24, 2.45) is 0 Å². The number of ether oxygens (including phenoxy) is 3. The van der Waals surface area contributed by atoms with Gasteiger partial charge >= 0.3 is 33.6 Å². The number of hydrogen-bond acceptors (Lipinski definition) is 14. The summed E-state index contributed by atoms with van der Waals surface area (Å²) in [6.07, 6.45) is 141. The van der Waals surface area contributed by atoms with E-state index in [0.717, 1.165) is 205 Å². The van der Waals surface area contributed by atoms with Crippen molar-refractivity contribution >= 4 is 33.6 Å². The Labute approximate surface area is 800 Å². The maximum absolute atomic E-state index is 13.1. The Morgan fingerprint density at radius 3 is 0.603 bits per heavy atom. The minimum Gasteiger partial charge on any atom is -0.463 e. The number of rotatable bonds is 97. The molecule has 0 bridgehead atoms. The first-order valence-electron chi connectivity index (χ1n) is 52.0. The van der Waals surface area contributed by atoms with Crippen LogP contribution in [0.2, 0.25) is 0 Å². The van der Waals surface area contributed by atoms with Crippen LogP contribution in [0.1, 0.15) is 419 Å². The van der Waals surface area contributed by atoms with Crippen LogP contribution in [0.25, 0.3) is 0 Å². The molecule has 0 radical (unpaired) electrons. The van der Waals surface area contributed by atoms with Crippen LogP contribution in [0.4, 0.5) is 0 Å². The third-order valence-electron chi connectivity index (χ3n) is 21.7. The van der Waals surface area contributed by atoms with Gasteiger partial charge in [0.1, 0.15) is 25.4 Å². The molecule has 18 heteroatoms. The number of carbonyl (C=O) groups is 3. The maximum Gasteiger partial charge on any atom is 0.472 e. The van der Waals surface area contributed by atoms with Crippen LogP contribution in [-0.2, 0) is 55.8 Å². The van der Waals surface area contributed by atoms with Crippen LogP contribution in [0, 0.1) is 0 Å². The fourth-order valence-corrected chi connectivity index (χ4v) is 15.5. The minimum absolute atomic E-state index is 0.0927. The Morgan fingerprint density at radius 1 is 0.214 bits per heavy atom. The van der Waals surface area contributed by atoms with Crippen LogP contribution >= 0.6 is 15.6 Å². The highest BCUT2D eigenvalue weighted by molar-refractivity contribution is 7.47. The van der Waals surface area contributed by atoms with Crippen molar-refractivity contribution in [2.45, 2.75) is 437 Å². The number of esters is 3. The second-order valence-electron chi connectivity index (χ2n) is 34.2. The molecular formula is C113H188O16P2. The van der Waals surface area contributed by atoms with Crippen LogP contribution < -0.4 is 0 Å². The Bertz CT molecular complexity index is 3270. The summed E-state index contributed by atoms with van der Waals surface area (Å²) >= 11 is 0. The van der Waals surface area contributed by atoms with Gasteiger partial charge < -0.3 is 34.2 Å². The summed E-state index contributed by atoms with van der Waals surface area (Å²) in [5.74, 6) is -1.57. The van der Waals surface area contributed by atoms with Gasteiger partial charge in [0.05, 0.1) is 26.4 Å². The molecule has 0 aliphatic carbocycles. The first-order chi connectivity index (χ1) is 64.2. The summed E-state index contributed by atoms with van der Waals surface area (Å²) in [6, 6.07) is 0. The number of phosphoric acid groups is 2. The number of allylic oxidation sites excluding steroid dienone is 36. The minimum atomic E-state index is -4.95. The number of unbranched alkanes of at least 4 members (excludes halogenated alkanes) is 38. The molecule has 16 nitrogen and oxygen atoms in total. The molecule has 0 fully saturated rings. The molecule has 0 spiro atoms. The van der Waals surface area contributed by atoms with Gasteiger partial charge in [-0.25, -0.2) is 9.13 Å². The molecule has 0 aliphatic heterocycles. The zero-order chi connectivity index (χ0) is 95.0. The second kappa shape index (κ2) is 103. The Hall–Kier alpha value is -6.13. The molecule has 746 valence electrons. The standard InChI is InChI=1S/C113H188O16P2/c1-4-7-10-13-16-19-22-25-28-31-34-37-40-43-46-49-51-53-55-58-60-63-66-69-72-75-78-81-84-87-90-93-96-99-111(116)123-102-108(114)103-125-130(119,120)126-104-109(115)105-127-131(121,122)128-107-110(129-113(118)101-98-95-92-89-86-83-80-77-74-71-68-65-62-57-48-45-42-39-36-33-30-27-24-21-18-15-12-9-6-3)106-124-112(117)100-97-94-91-88-85-82-79-76-73-70-67-64-61-59-56-54-52-50-47-44-41-38-35-32-29-26-23-20-17-14-11-8-5-2/h7-12,16-21,25-30,34-39,43-48,51-54,62,65,108-110,114-115H,4-6,13-15,22-24,31-33,40-42,49-50,55-61,63-64,66-107H2,1-3H3,(H,119,120)(H,121,122)/b10-7-,11-8-,12-9-,19-16-,20-17-,21-18-,28-25-,29-26-,30-27-,37-34-,38-35-,39-36-,46-43-,47-44-,48-45-,53-51-,54-52-,65-62-. The molecule has 0 aliphatic rings. The van der Waals surface area contributed by atoms with Gasteiger partial charge in [0.25, 0.3) is 0 Å². The molecule has 0 aromatic carbocycles. The first kappa shape index (κ1) is 125. The third-order valence-corrected chi connectivity index (χ3v) is 23.6. The fourth-order valence-electron chi connectivity index (χ4n) is 13.9. The average Bonchev–Trinajstić information content (AvgIpc) is 0.899. The topological polar surface area (TPSA) is 231 Å². The van der Waals surface area contributed by atoms with Crippen molar-refractivity contribution in [3.05, 3.63) is 219 Å². The second-order valence-corrected chi connectivity index (χ2v) is 37.1. The lowest BCUT2D eigenvalue weighted by Gasteiger charge is -2.21. The highest BCUT2D eigenvalue weighted by Gasteiger charge is 2.30. The molecule has 5 atom stereocenters. The predicted octanol–water partition coefficient (Wildman–Crippen LogP) is 33.2. The number of aliphatic hydroxyl groups is 2. The number of phosphoric ester groups is 2. The molecule has 4 N–H and O–H groups in total. The van der Waals surface area contributed by atoms with Crippen LogP contribution in [0.15, 0.2) is 219 Å². The molecule has 0 heterocycles. The summed E-state index contributed by atoms with van der Waals surface area (Å²) in [5.41, 5.74) is 0. The van der Waals surface area contributed by atoms with Gasteiger partial charge in [-0.05, 0) is 173 Å². The normalized spacial score (nSPS) is 14.5.